The molecular formula is C6H13FN2. The van der Waals surface area contributed by atoms with E-state index in [1.807, 2.05) is 0 Å². The third kappa shape index (κ3) is 1.40. The van der Waals surface area contributed by atoms with E-state index in [1.165, 1.54) is 0 Å². The van der Waals surface area contributed by atoms with Crippen LogP contribution in [0.3, 0.4) is 0 Å². The fourth-order valence-corrected chi connectivity index (χ4v) is 1.02. The van der Waals surface area contributed by atoms with E-state index in [1.54, 1.807) is 6.92 Å². The Morgan fingerprint density at radius 3 is 2.78 bits per heavy atom. The van der Waals surface area contributed by atoms with E-state index in [2.05, 4.69) is 5.32 Å². The first-order valence-corrected chi connectivity index (χ1v) is 3.28. The second-order valence-corrected chi connectivity index (χ2v) is 2.85. The maximum absolute atomic E-state index is 13.1. The van der Waals surface area contributed by atoms with Crippen molar-refractivity contribution in [3.8, 4) is 0 Å². The van der Waals surface area contributed by atoms with Crippen LogP contribution in [-0.4, -0.2) is 24.8 Å². The van der Waals surface area contributed by atoms with Crippen LogP contribution < -0.4 is 11.1 Å². The molecule has 54 valence electrons. The third-order valence-electron chi connectivity index (χ3n) is 1.88. The van der Waals surface area contributed by atoms with Gasteiger partial charge in [0.2, 0.25) is 0 Å². The van der Waals surface area contributed by atoms with E-state index in [0.717, 1.165) is 13.0 Å². The van der Waals surface area contributed by atoms with Gasteiger partial charge in [0.15, 0.2) is 0 Å². The fourth-order valence-electron chi connectivity index (χ4n) is 1.02. The van der Waals surface area contributed by atoms with Crippen molar-refractivity contribution in [3.05, 3.63) is 0 Å². The highest BCUT2D eigenvalue weighted by Gasteiger charge is 2.33. The minimum absolute atomic E-state index is 0.279. The van der Waals surface area contributed by atoms with Gasteiger partial charge in [-0.3, -0.25) is 0 Å². The summed E-state index contributed by atoms with van der Waals surface area (Å²) < 4.78 is 13.1. The van der Waals surface area contributed by atoms with Crippen molar-refractivity contribution >= 4 is 0 Å². The highest BCUT2D eigenvalue weighted by Crippen LogP contribution is 2.17. The molecule has 1 saturated heterocycles. The molecule has 0 spiro atoms. The van der Waals surface area contributed by atoms with Crippen LogP contribution in [0.5, 0.6) is 0 Å². The molecule has 1 rings (SSSR count). The van der Waals surface area contributed by atoms with Crippen LogP contribution >= 0.6 is 0 Å². The first-order chi connectivity index (χ1) is 4.13. The molecule has 3 N–H and O–H groups in total. The maximum atomic E-state index is 13.1. The van der Waals surface area contributed by atoms with Gasteiger partial charge in [-0.15, -0.1) is 0 Å². The van der Waals surface area contributed by atoms with Crippen molar-refractivity contribution in [2.45, 2.75) is 25.1 Å². The Morgan fingerprint density at radius 1 is 1.78 bits per heavy atom. The molecule has 1 heterocycles. The predicted octanol–water partition coefficient (Wildman–Crippen LogP) is 0.0352. The number of nitrogens with two attached hydrogens (primary N) is 1. The van der Waals surface area contributed by atoms with Crippen LogP contribution in [0.15, 0.2) is 0 Å². The van der Waals surface area contributed by atoms with Crippen molar-refractivity contribution in [2.24, 2.45) is 5.73 Å². The molecule has 0 aromatic carbocycles. The van der Waals surface area contributed by atoms with Gasteiger partial charge in [0.05, 0.1) is 0 Å². The highest BCUT2D eigenvalue weighted by atomic mass is 19.1. The number of hydrogen-bond acceptors (Lipinski definition) is 2. The molecule has 2 atom stereocenters. The summed E-state index contributed by atoms with van der Waals surface area (Å²) in [6.45, 7) is 2.79. The summed E-state index contributed by atoms with van der Waals surface area (Å²) in [7, 11) is 0. The third-order valence-corrected chi connectivity index (χ3v) is 1.88. The molecule has 0 amide bonds. The maximum Gasteiger partial charge on any atom is 0.135 e. The quantitative estimate of drug-likeness (QED) is 0.488. The van der Waals surface area contributed by atoms with Gasteiger partial charge in [-0.1, -0.05) is 0 Å². The molecule has 0 radical (unpaired) electrons. The topological polar surface area (TPSA) is 38.0 Å². The van der Waals surface area contributed by atoms with E-state index < -0.39 is 5.67 Å². The monoisotopic (exact) mass is 132 g/mol. The lowest BCUT2D eigenvalue weighted by Crippen LogP contribution is -2.54. The average molecular weight is 132 g/mol. The zero-order valence-electron chi connectivity index (χ0n) is 5.65. The summed E-state index contributed by atoms with van der Waals surface area (Å²) in [6, 6.07) is -0.279. The van der Waals surface area contributed by atoms with Gasteiger partial charge in [-0.2, -0.15) is 0 Å². The Morgan fingerprint density at radius 2 is 2.44 bits per heavy atom. The smallest absolute Gasteiger partial charge is 0.135 e. The van der Waals surface area contributed by atoms with Crippen LogP contribution in [0, 0.1) is 0 Å². The van der Waals surface area contributed by atoms with Crippen LogP contribution in [0.4, 0.5) is 4.39 Å². The number of hydrogen-bond donors (Lipinski definition) is 2. The van der Waals surface area contributed by atoms with Crippen LogP contribution in [0.2, 0.25) is 0 Å². The van der Waals surface area contributed by atoms with Crippen LogP contribution in [0.25, 0.3) is 0 Å². The summed E-state index contributed by atoms with van der Waals surface area (Å²) >= 11 is 0. The van der Waals surface area contributed by atoms with E-state index in [0.29, 0.717) is 6.54 Å². The first kappa shape index (κ1) is 6.96. The van der Waals surface area contributed by atoms with Crippen molar-refractivity contribution in [3.63, 3.8) is 0 Å². The number of piperidine rings is 1. The number of alkyl halides is 1. The molecule has 1 fully saturated rings. The lowest BCUT2D eigenvalue weighted by Gasteiger charge is -2.32. The lowest BCUT2D eigenvalue weighted by atomic mass is 9.93. The molecular weight excluding hydrogens is 119 g/mol. The standard InChI is InChI=1S/C6H13FN2/c1-6(7)4-9-3-2-5(6)8/h5,9H,2-4,8H2,1H3. The van der Waals surface area contributed by atoms with Crippen molar-refractivity contribution < 1.29 is 4.39 Å². The minimum atomic E-state index is -1.20. The van der Waals surface area contributed by atoms with Crippen LogP contribution in [-0.2, 0) is 0 Å². The van der Waals surface area contributed by atoms with Gasteiger partial charge in [0, 0.05) is 12.6 Å². The Bertz CT molecular complexity index is 103. The predicted molar refractivity (Wildman–Crippen MR) is 35.0 cm³/mol. The van der Waals surface area contributed by atoms with E-state index in [4.69, 9.17) is 5.73 Å². The molecule has 1 aliphatic rings. The second kappa shape index (κ2) is 2.23. The van der Waals surface area contributed by atoms with Gasteiger partial charge in [0.25, 0.3) is 0 Å². The van der Waals surface area contributed by atoms with E-state index in [9.17, 15) is 4.39 Å². The zero-order chi connectivity index (χ0) is 6.91. The zero-order valence-corrected chi connectivity index (χ0v) is 5.65. The molecule has 0 aromatic rings. The lowest BCUT2D eigenvalue weighted by molar-refractivity contribution is 0.118. The van der Waals surface area contributed by atoms with Gasteiger partial charge in [-0.05, 0) is 19.9 Å². The summed E-state index contributed by atoms with van der Waals surface area (Å²) in [4.78, 5) is 0. The fraction of sp³-hybridized carbons (Fsp3) is 1.00. The molecule has 9 heavy (non-hydrogen) atoms. The Balaban J connectivity index is 2.49. The van der Waals surface area contributed by atoms with Gasteiger partial charge in [-0.25, -0.2) is 4.39 Å². The van der Waals surface area contributed by atoms with Crippen molar-refractivity contribution in [1.82, 2.24) is 5.32 Å². The summed E-state index contributed by atoms with van der Waals surface area (Å²) in [6.07, 6.45) is 0.743. The summed E-state index contributed by atoms with van der Waals surface area (Å²) in [5.74, 6) is 0. The summed E-state index contributed by atoms with van der Waals surface area (Å²) in [5.41, 5.74) is 4.30. The normalized spacial score (nSPS) is 45.0. The van der Waals surface area contributed by atoms with Crippen LogP contribution in [0.1, 0.15) is 13.3 Å². The molecule has 0 bridgehead atoms. The Hall–Kier alpha value is -0.150. The number of nitrogens with one attached hydrogen (secondary N) is 1. The summed E-state index contributed by atoms with van der Waals surface area (Å²) in [5, 5.41) is 2.95. The second-order valence-electron chi connectivity index (χ2n) is 2.85. The molecule has 1 aliphatic heterocycles. The average Bonchev–Trinajstić information content (AvgIpc) is 1.77. The molecule has 0 aromatic heterocycles. The number of rotatable bonds is 0. The largest absolute Gasteiger partial charge is 0.325 e. The van der Waals surface area contributed by atoms with Gasteiger partial charge >= 0.3 is 0 Å². The van der Waals surface area contributed by atoms with Crippen molar-refractivity contribution in [1.29, 1.82) is 0 Å². The number of halogens is 1. The van der Waals surface area contributed by atoms with Gasteiger partial charge in [0.1, 0.15) is 5.67 Å². The molecule has 0 aliphatic carbocycles. The first-order valence-electron chi connectivity index (χ1n) is 3.28. The van der Waals surface area contributed by atoms with Crippen molar-refractivity contribution in [2.75, 3.05) is 13.1 Å². The Kier molecular flexibility index (Phi) is 1.73. The van der Waals surface area contributed by atoms with E-state index in [-0.39, 0.29) is 6.04 Å². The minimum Gasteiger partial charge on any atom is -0.325 e. The molecule has 2 nitrogen and oxygen atoms in total. The SMILES string of the molecule is CC1(F)CNCCC1N. The molecule has 2 unspecified atom stereocenters. The molecule has 0 saturated carbocycles. The van der Waals surface area contributed by atoms with E-state index >= 15 is 0 Å². The highest BCUT2D eigenvalue weighted by molar-refractivity contribution is 4.91. The molecule has 3 heteroatoms. The van der Waals surface area contributed by atoms with Gasteiger partial charge < -0.3 is 11.1 Å². The Labute approximate surface area is 54.6 Å².